The van der Waals surface area contributed by atoms with E-state index in [0.29, 0.717) is 17.7 Å². The van der Waals surface area contributed by atoms with Gasteiger partial charge in [0.15, 0.2) is 0 Å². The Morgan fingerprint density at radius 3 is 2.59 bits per heavy atom. The Labute approximate surface area is 168 Å². The number of nitrogens with zero attached hydrogens (tertiary/aromatic N) is 2. The summed E-state index contributed by atoms with van der Waals surface area (Å²) in [4.78, 5) is 29.3. The van der Waals surface area contributed by atoms with Gasteiger partial charge in [-0.1, -0.05) is 34.1 Å². The molecule has 0 spiro atoms. The van der Waals surface area contributed by atoms with Crippen LogP contribution in [-0.4, -0.2) is 54.8 Å². The summed E-state index contributed by atoms with van der Waals surface area (Å²) in [5.41, 5.74) is 2.20. The fourth-order valence-electron chi connectivity index (χ4n) is 3.15. The van der Waals surface area contributed by atoms with Gasteiger partial charge in [-0.15, -0.1) is 0 Å². The molecule has 1 fully saturated rings. The number of benzene rings is 2. The van der Waals surface area contributed by atoms with Gasteiger partial charge < -0.3 is 15.1 Å². The lowest BCUT2D eigenvalue weighted by Crippen LogP contribution is -2.34. The van der Waals surface area contributed by atoms with Crippen LogP contribution in [0.5, 0.6) is 0 Å². The lowest BCUT2D eigenvalue weighted by atomic mass is 10.1. The number of hydrogen-bond donors (Lipinski definition) is 1. The van der Waals surface area contributed by atoms with Crippen LogP contribution >= 0.6 is 15.9 Å². The van der Waals surface area contributed by atoms with Gasteiger partial charge in [0.05, 0.1) is 6.42 Å². The molecule has 0 bridgehead atoms. The molecule has 0 aromatic heterocycles. The topological polar surface area (TPSA) is 52.6 Å². The molecule has 0 atom stereocenters. The molecule has 5 nitrogen and oxygen atoms in total. The van der Waals surface area contributed by atoms with E-state index in [0.717, 1.165) is 42.6 Å². The van der Waals surface area contributed by atoms with Crippen molar-refractivity contribution in [3.8, 4) is 0 Å². The lowest BCUT2D eigenvalue weighted by molar-refractivity contribution is -0.115. The largest absolute Gasteiger partial charge is 0.337 e. The Hall–Kier alpha value is -2.18. The van der Waals surface area contributed by atoms with E-state index >= 15 is 0 Å². The Kier molecular flexibility index (Phi) is 6.63. The first kappa shape index (κ1) is 19.6. The predicted molar refractivity (Wildman–Crippen MR) is 111 cm³/mol. The second-order valence-corrected chi connectivity index (χ2v) is 7.80. The van der Waals surface area contributed by atoms with E-state index in [2.05, 4.69) is 33.2 Å². The van der Waals surface area contributed by atoms with Crippen LogP contribution in [0, 0.1) is 0 Å². The maximum atomic E-state index is 12.8. The number of halogens is 1. The van der Waals surface area contributed by atoms with E-state index < -0.39 is 0 Å². The van der Waals surface area contributed by atoms with Gasteiger partial charge in [-0.3, -0.25) is 9.59 Å². The molecule has 0 radical (unpaired) electrons. The van der Waals surface area contributed by atoms with E-state index in [1.165, 1.54) is 0 Å². The quantitative estimate of drug-likeness (QED) is 0.809. The average Bonchev–Trinajstić information content (AvgIpc) is 2.88. The van der Waals surface area contributed by atoms with Crippen molar-refractivity contribution >= 4 is 33.4 Å². The number of likely N-dealkylation sites (N-methyl/N-ethyl adjacent to an activating group) is 1. The van der Waals surface area contributed by atoms with Crippen LogP contribution in [0.15, 0.2) is 53.0 Å². The molecule has 142 valence electrons. The van der Waals surface area contributed by atoms with Crippen molar-refractivity contribution in [3.05, 3.63) is 64.1 Å². The number of anilines is 1. The monoisotopic (exact) mass is 429 g/mol. The summed E-state index contributed by atoms with van der Waals surface area (Å²) in [5, 5.41) is 2.89. The van der Waals surface area contributed by atoms with Crippen LogP contribution in [0.25, 0.3) is 0 Å². The first-order valence-corrected chi connectivity index (χ1v) is 9.93. The highest BCUT2D eigenvalue weighted by Crippen LogP contribution is 2.16. The van der Waals surface area contributed by atoms with E-state index in [9.17, 15) is 9.59 Å². The number of carbonyl (C=O) groups excluding carboxylic acids is 2. The SMILES string of the molecule is CN1CCCN(C(=O)c2cccc(NC(=O)Cc3ccc(Br)cc3)c2)CC1. The van der Waals surface area contributed by atoms with Crippen LogP contribution in [0.4, 0.5) is 5.69 Å². The fourth-order valence-corrected chi connectivity index (χ4v) is 3.42. The zero-order valence-electron chi connectivity index (χ0n) is 15.5. The smallest absolute Gasteiger partial charge is 0.253 e. The Morgan fingerprint density at radius 1 is 1.04 bits per heavy atom. The van der Waals surface area contributed by atoms with Gasteiger partial charge in [0.25, 0.3) is 5.91 Å². The second kappa shape index (κ2) is 9.15. The molecule has 1 saturated heterocycles. The van der Waals surface area contributed by atoms with Gasteiger partial charge in [0, 0.05) is 35.4 Å². The molecular formula is C21H24BrN3O2. The van der Waals surface area contributed by atoms with Crippen molar-refractivity contribution in [1.82, 2.24) is 9.80 Å². The standard InChI is InChI=1S/C21H24BrN3O2/c1-24-10-3-11-25(13-12-24)21(27)17-4-2-5-19(15-17)23-20(26)14-16-6-8-18(22)9-7-16/h2,4-9,15H,3,10-14H2,1H3,(H,23,26). The van der Waals surface area contributed by atoms with Gasteiger partial charge in [0.1, 0.15) is 0 Å². The third-order valence-corrected chi connectivity index (χ3v) is 5.21. The lowest BCUT2D eigenvalue weighted by Gasteiger charge is -2.21. The van der Waals surface area contributed by atoms with Crippen LogP contribution < -0.4 is 5.32 Å². The molecule has 1 aliphatic rings. The zero-order valence-corrected chi connectivity index (χ0v) is 17.0. The van der Waals surface area contributed by atoms with E-state index in [1.54, 1.807) is 12.1 Å². The maximum Gasteiger partial charge on any atom is 0.253 e. The van der Waals surface area contributed by atoms with Gasteiger partial charge in [-0.25, -0.2) is 0 Å². The van der Waals surface area contributed by atoms with Crippen LogP contribution in [0.2, 0.25) is 0 Å². The molecule has 1 heterocycles. The summed E-state index contributed by atoms with van der Waals surface area (Å²) in [6.45, 7) is 3.39. The van der Waals surface area contributed by atoms with Crippen molar-refractivity contribution in [2.75, 3.05) is 38.5 Å². The van der Waals surface area contributed by atoms with Crippen molar-refractivity contribution in [2.24, 2.45) is 0 Å². The summed E-state index contributed by atoms with van der Waals surface area (Å²) in [6, 6.07) is 14.9. The molecule has 0 saturated carbocycles. The van der Waals surface area contributed by atoms with Gasteiger partial charge >= 0.3 is 0 Å². The Balaban J connectivity index is 1.63. The van der Waals surface area contributed by atoms with Gasteiger partial charge in [0.2, 0.25) is 5.91 Å². The molecule has 0 unspecified atom stereocenters. The Bertz CT molecular complexity index is 807. The number of carbonyl (C=O) groups is 2. The second-order valence-electron chi connectivity index (χ2n) is 6.88. The van der Waals surface area contributed by atoms with Crippen LogP contribution in [0.3, 0.4) is 0 Å². The van der Waals surface area contributed by atoms with Crippen LogP contribution in [0.1, 0.15) is 22.3 Å². The maximum absolute atomic E-state index is 12.8. The summed E-state index contributed by atoms with van der Waals surface area (Å²) >= 11 is 3.39. The Morgan fingerprint density at radius 2 is 1.81 bits per heavy atom. The van der Waals surface area contributed by atoms with Gasteiger partial charge in [-0.05, 0) is 55.9 Å². The highest BCUT2D eigenvalue weighted by molar-refractivity contribution is 9.10. The molecular weight excluding hydrogens is 406 g/mol. The number of amides is 2. The van der Waals surface area contributed by atoms with Gasteiger partial charge in [-0.2, -0.15) is 0 Å². The third-order valence-electron chi connectivity index (χ3n) is 4.68. The number of nitrogens with one attached hydrogen (secondary N) is 1. The highest BCUT2D eigenvalue weighted by Gasteiger charge is 2.19. The molecule has 6 heteroatoms. The van der Waals surface area contributed by atoms with Crippen molar-refractivity contribution < 1.29 is 9.59 Å². The molecule has 2 amide bonds. The molecule has 0 aliphatic carbocycles. The molecule has 3 rings (SSSR count). The zero-order chi connectivity index (χ0) is 19.2. The summed E-state index contributed by atoms with van der Waals surface area (Å²) in [7, 11) is 2.08. The summed E-state index contributed by atoms with van der Waals surface area (Å²) in [6.07, 6.45) is 1.27. The molecule has 2 aromatic carbocycles. The first-order valence-electron chi connectivity index (χ1n) is 9.13. The summed E-state index contributed by atoms with van der Waals surface area (Å²) < 4.78 is 0.984. The minimum atomic E-state index is -0.0988. The van der Waals surface area contributed by atoms with Crippen molar-refractivity contribution in [3.63, 3.8) is 0 Å². The van der Waals surface area contributed by atoms with E-state index in [1.807, 2.05) is 41.3 Å². The molecule has 2 aromatic rings. The third kappa shape index (κ3) is 5.65. The number of rotatable bonds is 4. The fraction of sp³-hybridized carbons (Fsp3) is 0.333. The minimum Gasteiger partial charge on any atom is -0.337 e. The van der Waals surface area contributed by atoms with Crippen LogP contribution in [-0.2, 0) is 11.2 Å². The molecule has 1 N–H and O–H groups in total. The van der Waals surface area contributed by atoms with E-state index in [-0.39, 0.29) is 11.8 Å². The van der Waals surface area contributed by atoms with Crippen molar-refractivity contribution in [2.45, 2.75) is 12.8 Å². The molecule has 27 heavy (non-hydrogen) atoms. The van der Waals surface area contributed by atoms with Crippen molar-refractivity contribution in [1.29, 1.82) is 0 Å². The van der Waals surface area contributed by atoms with E-state index in [4.69, 9.17) is 0 Å². The number of hydrogen-bond acceptors (Lipinski definition) is 3. The predicted octanol–water partition coefficient (Wildman–Crippen LogP) is 3.41. The first-order chi connectivity index (χ1) is 13.0. The average molecular weight is 430 g/mol. The minimum absolute atomic E-state index is 0.0225. The summed E-state index contributed by atoms with van der Waals surface area (Å²) in [5.74, 6) is -0.0763. The molecule has 1 aliphatic heterocycles. The normalized spacial score (nSPS) is 15.3. The highest BCUT2D eigenvalue weighted by atomic mass is 79.9.